The van der Waals surface area contributed by atoms with Crippen LogP contribution < -0.4 is 9.47 Å². The van der Waals surface area contributed by atoms with Crippen molar-refractivity contribution in [2.24, 2.45) is 0 Å². The Kier molecular flexibility index (Phi) is 4.32. The molecule has 1 aromatic heterocycles. The molecule has 11 heteroatoms. The number of nitro groups is 1. The molecule has 0 spiro atoms. The third-order valence-corrected chi connectivity index (χ3v) is 1.98. The number of hydrogen-bond acceptors (Lipinski definition) is 7. The van der Waals surface area contributed by atoms with Crippen LogP contribution in [-0.2, 0) is 4.74 Å². The maximum Gasteiger partial charge on any atom is 0.574 e. The smallest absolute Gasteiger partial charge is 0.489 e. The minimum absolute atomic E-state index is 0.479. The summed E-state index contributed by atoms with van der Waals surface area (Å²) in [5.74, 6) is -3.26. The molecule has 0 saturated heterocycles. The lowest BCUT2D eigenvalue weighted by Crippen LogP contribution is -2.21. The number of esters is 1. The van der Waals surface area contributed by atoms with Gasteiger partial charge in [-0.3, -0.25) is 10.1 Å². The lowest BCUT2D eigenvalue weighted by molar-refractivity contribution is -0.386. The quantitative estimate of drug-likeness (QED) is 0.473. The number of aromatic nitrogens is 1. The van der Waals surface area contributed by atoms with E-state index in [9.17, 15) is 28.1 Å². The molecule has 0 aliphatic heterocycles. The fraction of sp³-hybridized carbons (Fsp3) is 0.333. The first-order valence-corrected chi connectivity index (χ1v) is 4.76. The molecular formula is C9H7F3N2O6. The molecule has 0 aromatic carbocycles. The summed E-state index contributed by atoms with van der Waals surface area (Å²) in [7, 11) is 1.81. The van der Waals surface area contributed by atoms with E-state index in [4.69, 9.17) is 0 Å². The zero-order valence-corrected chi connectivity index (χ0v) is 10.1. The van der Waals surface area contributed by atoms with Crippen molar-refractivity contribution in [3.63, 3.8) is 0 Å². The summed E-state index contributed by atoms with van der Waals surface area (Å²) < 4.78 is 48.9. The number of pyridine rings is 1. The summed E-state index contributed by atoms with van der Waals surface area (Å²) >= 11 is 0. The number of rotatable bonds is 4. The van der Waals surface area contributed by atoms with E-state index in [1.807, 2.05) is 0 Å². The number of nitrogens with zero attached hydrogens (tertiary/aromatic N) is 2. The van der Waals surface area contributed by atoms with Crippen molar-refractivity contribution < 1.29 is 37.1 Å². The van der Waals surface area contributed by atoms with Gasteiger partial charge in [0.25, 0.3) is 0 Å². The Morgan fingerprint density at radius 1 is 1.40 bits per heavy atom. The number of carbonyl (C=O) groups is 1. The van der Waals surface area contributed by atoms with E-state index in [1.54, 1.807) is 0 Å². The van der Waals surface area contributed by atoms with E-state index in [0.29, 0.717) is 6.20 Å². The molecule has 8 nitrogen and oxygen atoms in total. The molecule has 110 valence electrons. The monoisotopic (exact) mass is 296 g/mol. The normalized spacial score (nSPS) is 10.8. The van der Waals surface area contributed by atoms with Crippen molar-refractivity contribution in [2.75, 3.05) is 14.2 Å². The van der Waals surface area contributed by atoms with Gasteiger partial charge in [0.2, 0.25) is 11.6 Å². The zero-order valence-electron chi connectivity index (χ0n) is 10.1. The van der Waals surface area contributed by atoms with Crippen molar-refractivity contribution in [1.82, 2.24) is 4.98 Å². The fourth-order valence-electron chi connectivity index (χ4n) is 1.27. The summed E-state index contributed by atoms with van der Waals surface area (Å²) in [6.07, 6.45) is -4.66. The highest BCUT2D eigenvalue weighted by atomic mass is 19.4. The van der Waals surface area contributed by atoms with Crippen LogP contribution in [0, 0.1) is 10.1 Å². The van der Waals surface area contributed by atoms with Gasteiger partial charge in [-0.25, -0.2) is 9.78 Å². The van der Waals surface area contributed by atoms with E-state index < -0.39 is 40.1 Å². The molecule has 0 aliphatic carbocycles. The molecule has 1 heterocycles. The topological polar surface area (TPSA) is 101 Å². The van der Waals surface area contributed by atoms with Crippen LogP contribution in [0.25, 0.3) is 0 Å². The van der Waals surface area contributed by atoms with Crippen LogP contribution in [-0.4, -0.2) is 36.5 Å². The SMILES string of the molecule is COC(=O)c1c(OC(F)(F)F)ncc([N+](=O)[O-])c1OC. The van der Waals surface area contributed by atoms with Crippen molar-refractivity contribution in [2.45, 2.75) is 6.36 Å². The molecule has 0 saturated carbocycles. The van der Waals surface area contributed by atoms with E-state index in [2.05, 4.69) is 19.2 Å². The van der Waals surface area contributed by atoms with Crippen LogP contribution in [0.2, 0.25) is 0 Å². The number of halogens is 3. The largest absolute Gasteiger partial charge is 0.574 e. The molecule has 0 bridgehead atoms. The summed E-state index contributed by atoms with van der Waals surface area (Å²) in [6, 6.07) is 0. The van der Waals surface area contributed by atoms with Crippen LogP contribution in [0.3, 0.4) is 0 Å². The van der Waals surface area contributed by atoms with Crippen LogP contribution in [0.15, 0.2) is 6.20 Å². The summed E-state index contributed by atoms with van der Waals surface area (Å²) in [5, 5.41) is 10.7. The van der Waals surface area contributed by atoms with Gasteiger partial charge >= 0.3 is 18.0 Å². The number of alkyl halides is 3. The van der Waals surface area contributed by atoms with Crippen LogP contribution in [0.4, 0.5) is 18.9 Å². The predicted molar refractivity (Wildman–Crippen MR) is 55.5 cm³/mol. The van der Waals surface area contributed by atoms with Crippen molar-refractivity contribution >= 4 is 11.7 Å². The minimum Gasteiger partial charge on any atom is -0.489 e. The van der Waals surface area contributed by atoms with Gasteiger partial charge in [0.1, 0.15) is 6.20 Å². The standard InChI is InChI=1S/C9H7F3N2O6/c1-18-6-4(14(16)17)3-13-7(20-9(10,11)12)5(6)8(15)19-2/h3H,1-2H3. The lowest BCUT2D eigenvalue weighted by Gasteiger charge is -2.13. The molecule has 0 N–H and O–H groups in total. The Bertz CT molecular complexity index is 545. The Morgan fingerprint density at radius 2 is 2.00 bits per heavy atom. The van der Waals surface area contributed by atoms with Gasteiger partial charge in [-0.05, 0) is 0 Å². The molecule has 20 heavy (non-hydrogen) atoms. The van der Waals surface area contributed by atoms with E-state index >= 15 is 0 Å². The van der Waals surface area contributed by atoms with E-state index in [0.717, 1.165) is 14.2 Å². The molecule has 0 radical (unpaired) electrons. The first-order chi connectivity index (χ1) is 9.21. The summed E-state index contributed by atoms with van der Waals surface area (Å²) in [5.41, 5.74) is -1.73. The number of methoxy groups -OCH3 is 2. The van der Waals surface area contributed by atoms with Gasteiger partial charge in [0.15, 0.2) is 5.56 Å². The Labute approximate surface area is 109 Å². The van der Waals surface area contributed by atoms with Gasteiger partial charge in [-0.15, -0.1) is 13.2 Å². The van der Waals surface area contributed by atoms with Gasteiger partial charge in [-0.2, -0.15) is 0 Å². The second-order valence-corrected chi connectivity index (χ2v) is 3.15. The van der Waals surface area contributed by atoms with Crippen LogP contribution in [0.5, 0.6) is 11.6 Å². The highest BCUT2D eigenvalue weighted by molar-refractivity contribution is 5.96. The molecular weight excluding hydrogens is 289 g/mol. The predicted octanol–water partition coefficient (Wildman–Crippen LogP) is 1.68. The summed E-state index contributed by atoms with van der Waals surface area (Å²) in [4.78, 5) is 24.3. The molecule has 1 rings (SSSR count). The van der Waals surface area contributed by atoms with Crippen LogP contribution >= 0.6 is 0 Å². The van der Waals surface area contributed by atoms with Crippen LogP contribution in [0.1, 0.15) is 10.4 Å². The first-order valence-electron chi connectivity index (χ1n) is 4.76. The fourth-order valence-corrected chi connectivity index (χ4v) is 1.27. The second kappa shape index (κ2) is 5.59. The van der Waals surface area contributed by atoms with Gasteiger partial charge in [0.05, 0.1) is 19.1 Å². The van der Waals surface area contributed by atoms with Gasteiger partial charge in [0, 0.05) is 0 Å². The van der Waals surface area contributed by atoms with Gasteiger partial charge in [-0.1, -0.05) is 0 Å². The van der Waals surface area contributed by atoms with Crippen molar-refractivity contribution in [3.05, 3.63) is 21.9 Å². The Balaban J connectivity index is 3.53. The highest BCUT2D eigenvalue weighted by Crippen LogP contribution is 2.37. The Morgan fingerprint density at radius 3 is 2.40 bits per heavy atom. The van der Waals surface area contributed by atoms with Crippen molar-refractivity contribution in [1.29, 1.82) is 0 Å². The number of hydrogen-bond donors (Lipinski definition) is 0. The van der Waals surface area contributed by atoms with E-state index in [1.165, 1.54) is 0 Å². The summed E-state index contributed by atoms with van der Waals surface area (Å²) in [6.45, 7) is 0. The minimum atomic E-state index is -5.14. The van der Waals surface area contributed by atoms with Gasteiger partial charge < -0.3 is 14.2 Å². The maximum atomic E-state index is 12.2. The third-order valence-electron chi connectivity index (χ3n) is 1.98. The first kappa shape index (κ1) is 15.5. The van der Waals surface area contributed by atoms with E-state index in [-0.39, 0.29) is 0 Å². The molecule has 1 aromatic rings. The molecule has 0 aliphatic rings. The van der Waals surface area contributed by atoms with Crippen molar-refractivity contribution in [3.8, 4) is 11.6 Å². The molecule has 0 unspecified atom stereocenters. The molecule has 0 amide bonds. The highest BCUT2D eigenvalue weighted by Gasteiger charge is 2.37. The molecule has 0 atom stereocenters. The lowest BCUT2D eigenvalue weighted by atomic mass is 10.2. The third kappa shape index (κ3) is 3.24. The Hall–Kier alpha value is -2.59. The average molecular weight is 296 g/mol. The average Bonchev–Trinajstić information content (AvgIpc) is 2.34. The molecule has 0 fully saturated rings. The zero-order chi connectivity index (χ0) is 15.5. The second-order valence-electron chi connectivity index (χ2n) is 3.15. The number of ether oxygens (including phenoxy) is 3. The maximum absolute atomic E-state index is 12.2. The number of carbonyl (C=O) groups excluding carboxylic acids is 1.